The van der Waals surface area contributed by atoms with E-state index in [9.17, 15) is 0 Å². The summed E-state index contributed by atoms with van der Waals surface area (Å²) in [5.74, 6) is 1.28. The van der Waals surface area contributed by atoms with E-state index < -0.39 is 0 Å². The Morgan fingerprint density at radius 2 is 2.27 bits per heavy atom. The fourth-order valence-electron chi connectivity index (χ4n) is 0.644. The Bertz CT molecular complexity index is 200. The van der Waals surface area contributed by atoms with Crippen LogP contribution in [-0.4, -0.2) is 11.6 Å². The van der Waals surface area contributed by atoms with Gasteiger partial charge in [0.05, 0.1) is 12.8 Å². The molecular formula is C7H11ClN2O. The monoisotopic (exact) mass is 174 g/mol. The third-order valence-corrected chi connectivity index (χ3v) is 1.07. The number of ether oxygens (including phenoxy) is 1. The minimum atomic E-state index is 0. The Labute approximate surface area is 72.0 Å². The van der Waals surface area contributed by atoms with E-state index in [2.05, 4.69) is 4.98 Å². The van der Waals surface area contributed by atoms with Crippen molar-refractivity contribution in [2.45, 2.75) is 6.92 Å². The molecule has 62 valence electrons. The predicted molar refractivity (Wildman–Crippen MR) is 47.1 cm³/mol. The first-order valence-electron chi connectivity index (χ1n) is 3.17. The lowest BCUT2D eigenvalue weighted by Crippen LogP contribution is -1.93. The molecular weight excluding hydrogens is 164 g/mol. The van der Waals surface area contributed by atoms with Gasteiger partial charge in [0.1, 0.15) is 11.6 Å². The van der Waals surface area contributed by atoms with Crippen molar-refractivity contribution >= 4 is 18.2 Å². The molecule has 0 aliphatic rings. The van der Waals surface area contributed by atoms with Gasteiger partial charge in [0, 0.05) is 0 Å². The molecule has 0 spiro atoms. The molecule has 3 nitrogen and oxygen atoms in total. The normalized spacial score (nSPS) is 8.45. The van der Waals surface area contributed by atoms with Crippen molar-refractivity contribution in [1.82, 2.24) is 4.98 Å². The van der Waals surface area contributed by atoms with Gasteiger partial charge in [0.2, 0.25) is 0 Å². The maximum absolute atomic E-state index is 5.36. The molecule has 4 heteroatoms. The number of aromatic nitrogens is 1. The molecule has 11 heavy (non-hydrogen) atoms. The highest BCUT2D eigenvalue weighted by atomic mass is 35.5. The van der Waals surface area contributed by atoms with Crippen molar-refractivity contribution in [3.63, 3.8) is 0 Å². The number of nitrogens with zero attached hydrogens (tertiary/aromatic N) is 1. The Balaban J connectivity index is 0.000001000. The average Bonchev–Trinajstić information content (AvgIpc) is 1.95. The summed E-state index contributed by atoms with van der Waals surface area (Å²) in [5, 5.41) is 0. The highest BCUT2D eigenvalue weighted by Crippen LogP contribution is 2.08. The number of halogens is 1. The van der Waals surface area contributed by atoms with Gasteiger partial charge >= 0.3 is 0 Å². The molecule has 1 aromatic rings. The maximum Gasteiger partial charge on any atom is 0.137 e. The smallest absolute Gasteiger partial charge is 0.137 e. The van der Waals surface area contributed by atoms with E-state index in [1.54, 1.807) is 18.3 Å². The van der Waals surface area contributed by atoms with Gasteiger partial charge in [-0.05, 0) is 19.1 Å². The van der Waals surface area contributed by atoms with Gasteiger partial charge in [0.15, 0.2) is 0 Å². The summed E-state index contributed by atoms with van der Waals surface area (Å²) < 4.78 is 5.14. The molecule has 0 atom stereocenters. The number of hydrogen-bond donors (Lipinski definition) is 1. The third kappa shape index (κ3) is 3.09. The van der Waals surface area contributed by atoms with Gasteiger partial charge in [-0.1, -0.05) is 0 Å². The summed E-state index contributed by atoms with van der Waals surface area (Å²) >= 11 is 0. The SMILES string of the molecule is CCOc1ccc(N)nc1.Cl. The lowest BCUT2D eigenvalue weighted by atomic mass is 10.4. The maximum atomic E-state index is 5.36. The van der Waals surface area contributed by atoms with Crippen LogP contribution in [0.2, 0.25) is 0 Å². The van der Waals surface area contributed by atoms with E-state index in [1.807, 2.05) is 6.92 Å². The van der Waals surface area contributed by atoms with Crippen molar-refractivity contribution < 1.29 is 4.74 Å². The van der Waals surface area contributed by atoms with E-state index in [-0.39, 0.29) is 12.4 Å². The van der Waals surface area contributed by atoms with E-state index in [1.165, 1.54) is 0 Å². The topological polar surface area (TPSA) is 48.1 Å². The number of nitrogens with two attached hydrogens (primary N) is 1. The van der Waals surface area contributed by atoms with Crippen LogP contribution in [0, 0.1) is 0 Å². The van der Waals surface area contributed by atoms with Gasteiger partial charge in [-0.3, -0.25) is 0 Å². The van der Waals surface area contributed by atoms with Gasteiger partial charge in [-0.2, -0.15) is 0 Å². The van der Waals surface area contributed by atoms with Crippen LogP contribution in [0.5, 0.6) is 5.75 Å². The molecule has 0 radical (unpaired) electrons. The molecule has 0 fully saturated rings. The van der Waals surface area contributed by atoms with E-state index in [0.717, 1.165) is 5.75 Å². The van der Waals surface area contributed by atoms with Crippen LogP contribution in [0.25, 0.3) is 0 Å². The first-order valence-corrected chi connectivity index (χ1v) is 3.17. The fraction of sp³-hybridized carbons (Fsp3) is 0.286. The molecule has 1 rings (SSSR count). The summed E-state index contributed by atoms with van der Waals surface area (Å²) in [6.45, 7) is 2.59. The van der Waals surface area contributed by atoms with Gasteiger partial charge in [-0.25, -0.2) is 4.98 Å². The second kappa shape index (κ2) is 4.79. The molecule has 0 unspecified atom stereocenters. The van der Waals surface area contributed by atoms with E-state index in [0.29, 0.717) is 12.4 Å². The fourth-order valence-corrected chi connectivity index (χ4v) is 0.644. The molecule has 1 aromatic heterocycles. The van der Waals surface area contributed by atoms with Crippen LogP contribution in [0.1, 0.15) is 6.92 Å². The number of rotatable bonds is 2. The molecule has 0 saturated heterocycles. The first-order chi connectivity index (χ1) is 4.83. The predicted octanol–water partition coefficient (Wildman–Crippen LogP) is 1.48. The van der Waals surface area contributed by atoms with Gasteiger partial charge < -0.3 is 10.5 Å². The molecule has 0 aliphatic heterocycles. The molecule has 1 heterocycles. The van der Waals surface area contributed by atoms with E-state index >= 15 is 0 Å². The lowest BCUT2D eigenvalue weighted by molar-refractivity contribution is 0.339. The molecule has 0 bridgehead atoms. The Hall–Kier alpha value is -0.960. The third-order valence-electron chi connectivity index (χ3n) is 1.07. The molecule has 0 saturated carbocycles. The minimum Gasteiger partial charge on any atom is -0.492 e. The highest BCUT2D eigenvalue weighted by molar-refractivity contribution is 5.85. The number of hydrogen-bond acceptors (Lipinski definition) is 3. The zero-order valence-corrected chi connectivity index (χ0v) is 7.10. The largest absolute Gasteiger partial charge is 0.492 e. The molecule has 0 aromatic carbocycles. The number of pyridine rings is 1. The second-order valence-electron chi connectivity index (χ2n) is 1.85. The number of anilines is 1. The van der Waals surface area contributed by atoms with Crippen molar-refractivity contribution in [3.05, 3.63) is 18.3 Å². The minimum absolute atomic E-state index is 0. The zero-order chi connectivity index (χ0) is 7.40. The van der Waals surface area contributed by atoms with Crippen LogP contribution in [-0.2, 0) is 0 Å². The summed E-state index contributed by atoms with van der Waals surface area (Å²) in [6, 6.07) is 3.51. The summed E-state index contributed by atoms with van der Waals surface area (Å²) in [5.41, 5.74) is 5.36. The zero-order valence-electron chi connectivity index (χ0n) is 6.28. The summed E-state index contributed by atoms with van der Waals surface area (Å²) in [7, 11) is 0. The van der Waals surface area contributed by atoms with Gasteiger partial charge in [-0.15, -0.1) is 12.4 Å². The van der Waals surface area contributed by atoms with Crippen LogP contribution in [0.4, 0.5) is 5.82 Å². The van der Waals surface area contributed by atoms with Crippen molar-refractivity contribution in [2.24, 2.45) is 0 Å². The summed E-state index contributed by atoms with van der Waals surface area (Å²) in [6.07, 6.45) is 1.61. The Morgan fingerprint density at radius 3 is 2.73 bits per heavy atom. The highest BCUT2D eigenvalue weighted by Gasteiger charge is 1.89. The Morgan fingerprint density at radius 1 is 1.55 bits per heavy atom. The molecule has 0 amide bonds. The first kappa shape index (κ1) is 10.0. The molecule has 2 N–H and O–H groups in total. The van der Waals surface area contributed by atoms with Crippen molar-refractivity contribution in [1.29, 1.82) is 0 Å². The van der Waals surface area contributed by atoms with Crippen molar-refractivity contribution in [3.8, 4) is 5.75 Å². The number of nitrogen functional groups attached to an aromatic ring is 1. The summed E-state index contributed by atoms with van der Waals surface area (Å²) in [4.78, 5) is 3.85. The van der Waals surface area contributed by atoms with Crippen LogP contribution < -0.4 is 10.5 Å². The van der Waals surface area contributed by atoms with Crippen LogP contribution in [0.3, 0.4) is 0 Å². The van der Waals surface area contributed by atoms with E-state index in [4.69, 9.17) is 10.5 Å². The Kier molecular flexibility index (Phi) is 4.38. The lowest BCUT2D eigenvalue weighted by Gasteiger charge is -2.00. The van der Waals surface area contributed by atoms with Crippen LogP contribution in [0.15, 0.2) is 18.3 Å². The van der Waals surface area contributed by atoms with Crippen molar-refractivity contribution in [2.75, 3.05) is 12.3 Å². The van der Waals surface area contributed by atoms with Crippen LogP contribution >= 0.6 is 12.4 Å². The van der Waals surface area contributed by atoms with Gasteiger partial charge in [0.25, 0.3) is 0 Å². The quantitative estimate of drug-likeness (QED) is 0.739. The average molecular weight is 175 g/mol. The molecule has 0 aliphatic carbocycles. The standard InChI is InChI=1S/C7H10N2O.ClH/c1-2-10-6-3-4-7(8)9-5-6;/h3-5H,2H2,1H3,(H2,8,9);1H. The second-order valence-corrected chi connectivity index (χ2v) is 1.85.